The summed E-state index contributed by atoms with van der Waals surface area (Å²) in [6.45, 7) is 10.7. The minimum Gasteiger partial charge on any atom is -0.493 e. The summed E-state index contributed by atoms with van der Waals surface area (Å²) in [7, 11) is 2.33. The Kier molecular flexibility index (Phi) is 22.7. The second-order valence-electron chi connectivity index (χ2n) is 17.2. The summed E-state index contributed by atoms with van der Waals surface area (Å²) in [4.78, 5) is 113. The summed E-state index contributed by atoms with van der Waals surface area (Å²) >= 11 is 0. The van der Waals surface area contributed by atoms with Crippen LogP contribution in [0, 0.1) is 0 Å². The lowest BCUT2D eigenvalue weighted by Gasteiger charge is -2.43. The number of likely N-dealkylation sites (tertiary alicyclic amines) is 1. The molecule has 2 aliphatic rings. The molecule has 4 rings (SSSR count). The summed E-state index contributed by atoms with van der Waals surface area (Å²) in [5.41, 5.74) is 10.5. The lowest BCUT2D eigenvalue weighted by atomic mass is 9.97. The maximum absolute atomic E-state index is 14.0. The number of nitrogens with one attached hydrogen (secondary N) is 3. The highest BCUT2D eigenvalue weighted by atomic mass is 16.7. The van der Waals surface area contributed by atoms with Crippen molar-refractivity contribution in [1.82, 2.24) is 15.7 Å². The molecule has 0 unspecified atom stereocenters. The molecule has 2 saturated heterocycles. The molecular formula is C47H61N7O21. The average Bonchev–Trinajstić information content (AvgIpc) is 3.73. The van der Waals surface area contributed by atoms with Crippen LogP contribution >= 0.6 is 0 Å². The van der Waals surface area contributed by atoms with Gasteiger partial charge in [-0.2, -0.15) is 5.48 Å². The molecule has 2 heterocycles. The number of amides is 4. The third-order valence-corrected chi connectivity index (χ3v) is 10.3. The van der Waals surface area contributed by atoms with Crippen molar-refractivity contribution in [3.05, 3.63) is 69.6 Å². The van der Waals surface area contributed by atoms with E-state index in [1.807, 2.05) is 0 Å². The maximum Gasteiger partial charge on any atom is 0.431 e. The van der Waals surface area contributed by atoms with Crippen LogP contribution in [0.25, 0.3) is 10.4 Å². The van der Waals surface area contributed by atoms with Gasteiger partial charge < -0.3 is 67.4 Å². The second-order valence-corrected chi connectivity index (χ2v) is 17.2. The van der Waals surface area contributed by atoms with Crippen molar-refractivity contribution in [3.63, 3.8) is 0 Å². The maximum atomic E-state index is 14.0. The highest BCUT2D eigenvalue weighted by Crippen LogP contribution is 2.37. The van der Waals surface area contributed by atoms with Crippen molar-refractivity contribution < 1.29 is 100 Å². The van der Waals surface area contributed by atoms with Crippen LogP contribution in [0.2, 0.25) is 0 Å². The molecule has 2 fully saturated rings. The zero-order valence-corrected chi connectivity index (χ0v) is 42.5. The smallest absolute Gasteiger partial charge is 0.431 e. The van der Waals surface area contributed by atoms with Crippen LogP contribution in [-0.2, 0) is 68.5 Å². The van der Waals surface area contributed by atoms with Gasteiger partial charge in [-0.25, -0.2) is 14.4 Å². The minimum absolute atomic E-state index is 0.0280. The largest absolute Gasteiger partial charge is 0.493 e. The van der Waals surface area contributed by atoms with Gasteiger partial charge in [-0.1, -0.05) is 23.3 Å². The first-order chi connectivity index (χ1) is 35.6. The Hall–Kier alpha value is -7.91. The number of aliphatic hydroxyl groups is 1. The highest BCUT2D eigenvalue weighted by molar-refractivity contribution is 6.04. The highest BCUT2D eigenvalue weighted by Gasteiger charge is 2.56. The van der Waals surface area contributed by atoms with Crippen LogP contribution in [0.1, 0.15) is 74.2 Å². The van der Waals surface area contributed by atoms with E-state index in [1.54, 1.807) is 20.8 Å². The van der Waals surface area contributed by atoms with Gasteiger partial charge in [0.05, 0.1) is 76.7 Å². The quantitative estimate of drug-likeness (QED) is 0.0171. The number of anilines is 1. The van der Waals surface area contributed by atoms with Gasteiger partial charge in [-0.15, -0.1) is 0 Å². The van der Waals surface area contributed by atoms with E-state index in [-0.39, 0.29) is 92.3 Å². The number of esters is 4. The van der Waals surface area contributed by atoms with Gasteiger partial charge in [-0.3, -0.25) is 34.1 Å². The first-order valence-corrected chi connectivity index (χ1v) is 23.0. The molecular weight excluding hydrogens is 999 g/mol. The van der Waals surface area contributed by atoms with E-state index < -0.39 is 96.8 Å². The van der Waals surface area contributed by atoms with E-state index in [4.69, 9.17) is 62.5 Å². The molecule has 0 aliphatic carbocycles. The van der Waals surface area contributed by atoms with Gasteiger partial charge in [0.25, 0.3) is 11.8 Å². The van der Waals surface area contributed by atoms with E-state index in [0.29, 0.717) is 12.0 Å². The van der Waals surface area contributed by atoms with Crippen LogP contribution in [-0.4, -0.2) is 167 Å². The van der Waals surface area contributed by atoms with Gasteiger partial charge in [-0.05, 0) is 56.5 Å². The zero-order valence-electron chi connectivity index (χ0n) is 42.5. The molecule has 28 heteroatoms. The molecule has 75 heavy (non-hydrogen) atoms. The minimum atomic E-state index is -1.87. The van der Waals surface area contributed by atoms with E-state index in [1.165, 1.54) is 42.3 Å². The number of azide groups is 1. The molecule has 0 saturated carbocycles. The number of hydrogen-bond donors (Lipinski definition) is 4. The Morgan fingerprint density at radius 2 is 1.56 bits per heavy atom. The van der Waals surface area contributed by atoms with E-state index in [2.05, 4.69) is 32.7 Å². The Morgan fingerprint density at radius 1 is 0.867 bits per heavy atom. The summed E-state index contributed by atoms with van der Waals surface area (Å²) in [5.74, 6) is -5.50. The van der Waals surface area contributed by atoms with Gasteiger partial charge in [0.15, 0.2) is 29.8 Å². The Labute approximate surface area is 430 Å². The van der Waals surface area contributed by atoms with Gasteiger partial charge in [0, 0.05) is 44.8 Å². The number of hydrogen-bond acceptors (Lipinski definition) is 22. The Bertz CT molecular complexity index is 2460. The Balaban J connectivity index is 1.65. The van der Waals surface area contributed by atoms with E-state index >= 15 is 0 Å². The molecule has 0 aromatic heterocycles. The molecule has 0 bridgehead atoms. The third-order valence-electron chi connectivity index (χ3n) is 10.3. The molecule has 2 aromatic carbocycles. The molecule has 410 valence electrons. The number of carbonyl (C=O) groups excluding carboxylic acids is 8. The molecule has 6 atom stereocenters. The second kappa shape index (κ2) is 28.5. The molecule has 0 spiro atoms. The molecule has 2 aliphatic heterocycles. The summed E-state index contributed by atoms with van der Waals surface area (Å²) in [6.07, 6.45) is -10.5. The first-order valence-electron chi connectivity index (χ1n) is 23.0. The number of benzene rings is 2. The van der Waals surface area contributed by atoms with E-state index in [0.717, 1.165) is 27.9 Å². The van der Waals surface area contributed by atoms with Gasteiger partial charge in [0.2, 0.25) is 12.4 Å². The summed E-state index contributed by atoms with van der Waals surface area (Å²) < 4.78 is 60.5. The predicted molar refractivity (Wildman–Crippen MR) is 255 cm³/mol. The van der Waals surface area contributed by atoms with Crippen molar-refractivity contribution in [1.29, 1.82) is 0 Å². The SMILES string of the molecule is C=C1C[C@@H](CO)N(C(=O)c2cc(OC)c(OCCN=[N+]=[N-])cc2NC(=O)OCc2ccc(O[C@@H]3O[C@H](C(=O)OC)[C@@H](OC(C)=O)[C@H](OC(C)=O)[C@H]3OC(C)=O)c(C(=O)NCCOCCONC(=O)OC(C)(C)C)c2)C1. The topological polar surface area (TPSA) is 356 Å². The standard InChI is InChI=1S/C47H61N7O21/c1-25-18-30(23-55)54(22-25)42(60)31-20-35(64-8)36(67-15-13-50-53-48)21-33(31)51-45(62)68-24-29-10-11-34(32(19-29)41(59)49-12-14-66-16-17-69-52-46(63)75-47(5,6)7)73-44-40(72-28(4)58)38(71-27(3)57)37(70-26(2)56)39(74-44)43(61)65-9/h10-11,19-21,30,37-40,44,55H,1,12-18,22-24H2,2-9H3,(H,49,59)(H,51,62)(H,52,63)/t30-,37-,38-,39-,40+,44+/m0/s1. The van der Waals surface area contributed by atoms with Crippen LogP contribution in [0.5, 0.6) is 17.2 Å². The van der Waals surface area contributed by atoms with Crippen molar-refractivity contribution in [2.75, 3.05) is 72.2 Å². The van der Waals surface area contributed by atoms with Gasteiger partial charge in [0.1, 0.15) is 18.0 Å². The van der Waals surface area contributed by atoms with Gasteiger partial charge >= 0.3 is 36.1 Å². The average molecular weight is 1060 g/mol. The monoisotopic (exact) mass is 1060 g/mol. The van der Waals surface area contributed by atoms with E-state index in [9.17, 15) is 43.5 Å². The number of rotatable bonds is 24. The first kappa shape index (κ1) is 59.7. The lowest BCUT2D eigenvalue weighted by Crippen LogP contribution is -2.64. The fourth-order valence-electron chi connectivity index (χ4n) is 7.27. The number of ether oxygens (including phenoxy) is 11. The Morgan fingerprint density at radius 3 is 2.20 bits per heavy atom. The van der Waals surface area contributed by atoms with Crippen LogP contribution < -0.4 is 30.3 Å². The lowest BCUT2D eigenvalue weighted by molar-refractivity contribution is -0.282. The predicted octanol–water partition coefficient (Wildman–Crippen LogP) is 3.17. The van der Waals surface area contributed by atoms with Crippen LogP contribution in [0.4, 0.5) is 15.3 Å². The fraction of sp³-hybridized carbons (Fsp3) is 0.532. The number of methoxy groups -OCH3 is 2. The van der Waals surface area contributed by atoms with Crippen molar-refractivity contribution in [2.24, 2.45) is 5.11 Å². The zero-order chi connectivity index (χ0) is 55.4. The summed E-state index contributed by atoms with van der Waals surface area (Å²) in [5, 5.41) is 18.6. The number of aliphatic hydroxyl groups excluding tert-OH is 1. The molecule has 28 nitrogen and oxygen atoms in total. The number of nitrogens with zero attached hydrogens (tertiary/aromatic N) is 4. The van der Waals surface area contributed by atoms with Crippen LogP contribution in [0.15, 0.2) is 47.6 Å². The fourth-order valence-corrected chi connectivity index (χ4v) is 7.27. The number of hydroxylamine groups is 1. The molecule has 0 radical (unpaired) electrons. The van der Waals surface area contributed by atoms with Crippen molar-refractivity contribution in [2.45, 2.75) is 96.9 Å². The third kappa shape index (κ3) is 18.2. The van der Waals surface area contributed by atoms with Crippen molar-refractivity contribution >= 4 is 53.6 Å². The molecule has 4 amide bonds. The van der Waals surface area contributed by atoms with Crippen molar-refractivity contribution in [3.8, 4) is 17.2 Å². The molecule has 2 aromatic rings. The molecule has 4 N–H and O–H groups in total. The van der Waals surface area contributed by atoms with Crippen LogP contribution in [0.3, 0.4) is 0 Å². The summed E-state index contributed by atoms with van der Waals surface area (Å²) in [6, 6.07) is 5.90. The normalized spacial score (nSPS) is 19.0. The number of carbonyl (C=O) groups is 8.